The molecule has 0 aliphatic carbocycles. The van der Waals surface area contributed by atoms with Crippen molar-refractivity contribution in [3.63, 3.8) is 0 Å². The standard InChI is InChI=1S/C22H29N3O2/c1-18(22(26)23-13-12-19-8-10-21(27-2)11-9-19)24-14-16-25(17-15-24)20-6-4-3-5-7-20/h3-11,18H,12-17H2,1-2H3,(H,23,26)/p+1/t18-/m0/s1. The minimum atomic E-state index is -0.0150. The van der Waals surface area contributed by atoms with Crippen LogP contribution in [0, 0.1) is 0 Å². The third-order valence-corrected chi connectivity index (χ3v) is 5.40. The Balaban J connectivity index is 1.41. The summed E-state index contributed by atoms with van der Waals surface area (Å²) in [4.78, 5) is 16.3. The summed E-state index contributed by atoms with van der Waals surface area (Å²) in [6.07, 6.45) is 0.833. The van der Waals surface area contributed by atoms with Crippen molar-refractivity contribution in [2.75, 3.05) is 44.7 Å². The van der Waals surface area contributed by atoms with Crippen molar-refractivity contribution in [2.24, 2.45) is 0 Å². The number of carbonyl (C=O) groups excluding carboxylic acids is 1. The van der Waals surface area contributed by atoms with E-state index in [0.717, 1.165) is 38.3 Å². The van der Waals surface area contributed by atoms with Gasteiger partial charge in [0.25, 0.3) is 5.91 Å². The number of nitrogens with zero attached hydrogens (tertiary/aromatic N) is 1. The van der Waals surface area contributed by atoms with Gasteiger partial charge in [0.2, 0.25) is 0 Å². The van der Waals surface area contributed by atoms with E-state index in [0.29, 0.717) is 6.54 Å². The highest BCUT2D eigenvalue weighted by molar-refractivity contribution is 5.79. The van der Waals surface area contributed by atoms with Gasteiger partial charge in [0, 0.05) is 12.2 Å². The Morgan fingerprint density at radius 1 is 1.11 bits per heavy atom. The number of methoxy groups -OCH3 is 1. The monoisotopic (exact) mass is 368 g/mol. The molecule has 0 spiro atoms. The summed E-state index contributed by atoms with van der Waals surface area (Å²) >= 11 is 0. The average Bonchev–Trinajstić information content (AvgIpc) is 2.74. The molecule has 0 aromatic heterocycles. The fourth-order valence-corrected chi connectivity index (χ4v) is 3.58. The average molecular weight is 369 g/mol. The molecule has 0 saturated carbocycles. The van der Waals surface area contributed by atoms with E-state index in [1.807, 2.05) is 37.3 Å². The van der Waals surface area contributed by atoms with Crippen molar-refractivity contribution >= 4 is 11.6 Å². The molecule has 0 unspecified atom stereocenters. The molecule has 1 aliphatic rings. The number of carbonyl (C=O) groups is 1. The number of piperazine rings is 1. The van der Waals surface area contributed by atoms with Gasteiger partial charge in [-0.05, 0) is 43.2 Å². The summed E-state index contributed by atoms with van der Waals surface area (Å²) in [6.45, 7) is 6.66. The number of hydrogen-bond donors (Lipinski definition) is 2. The van der Waals surface area contributed by atoms with Crippen LogP contribution in [-0.4, -0.2) is 51.8 Å². The lowest BCUT2D eigenvalue weighted by atomic mass is 10.1. The van der Waals surface area contributed by atoms with Gasteiger partial charge in [0.1, 0.15) is 5.75 Å². The van der Waals surface area contributed by atoms with Gasteiger partial charge in [-0.15, -0.1) is 0 Å². The van der Waals surface area contributed by atoms with E-state index in [4.69, 9.17) is 4.74 Å². The van der Waals surface area contributed by atoms with Crippen LogP contribution in [-0.2, 0) is 11.2 Å². The SMILES string of the molecule is COc1ccc(CCNC(=O)[C@H](C)[NH+]2CCN(c3ccccc3)CC2)cc1. The molecule has 144 valence electrons. The maximum Gasteiger partial charge on any atom is 0.278 e. The Hall–Kier alpha value is -2.53. The quantitative estimate of drug-likeness (QED) is 0.771. The summed E-state index contributed by atoms with van der Waals surface area (Å²) in [5, 5.41) is 3.10. The molecule has 1 heterocycles. The van der Waals surface area contributed by atoms with Gasteiger partial charge in [-0.1, -0.05) is 30.3 Å². The Morgan fingerprint density at radius 3 is 2.41 bits per heavy atom. The number of nitrogens with one attached hydrogen (secondary N) is 2. The zero-order chi connectivity index (χ0) is 19.1. The number of ether oxygens (including phenoxy) is 1. The first-order valence-corrected chi connectivity index (χ1v) is 9.72. The van der Waals surface area contributed by atoms with Crippen molar-refractivity contribution < 1.29 is 14.4 Å². The molecular weight excluding hydrogens is 338 g/mol. The van der Waals surface area contributed by atoms with E-state index in [-0.39, 0.29) is 11.9 Å². The second-order valence-electron chi connectivity index (χ2n) is 7.09. The van der Waals surface area contributed by atoms with E-state index in [1.54, 1.807) is 7.11 Å². The molecule has 27 heavy (non-hydrogen) atoms. The first-order valence-electron chi connectivity index (χ1n) is 9.72. The molecule has 5 nitrogen and oxygen atoms in total. The summed E-state index contributed by atoms with van der Waals surface area (Å²) in [6, 6.07) is 18.5. The largest absolute Gasteiger partial charge is 0.497 e. The Bertz CT molecular complexity index is 710. The Labute approximate surface area is 161 Å². The molecule has 0 bridgehead atoms. The van der Waals surface area contributed by atoms with Crippen LogP contribution in [0.3, 0.4) is 0 Å². The summed E-state index contributed by atoms with van der Waals surface area (Å²) in [5.41, 5.74) is 2.47. The van der Waals surface area contributed by atoms with Gasteiger partial charge in [0.15, 0.2) is 6.04 Å². The van der Waals surface area contributed by atoms with Crippen molar-refractivity contribution in [2.45, 2.75) is 19.4 Å². The van der Waals surface area contributed by atoms with E-state index in [2.05, 4.69) is 34.5 Å². The van der Waals surface area contributed by atoms with Crippen LogP contribution in [0.2, 0.25) is 0 Å². The maximum atomic E-state index is 12.5. The zero-order valence-electron chi connectivity index (χ0n) is 16.3. The van der Waals surface area contributed by atoms with Gasteiger partial charge in [0.05, 0.1) is 33.3 Å². The first kappa shape index (κ1) is 19.2. The predicted molar refractivity (Wildman–Crippen MR) is 109 cm³/mol. The van der Waals surface area contributed by atoms with Gasteiger partial charge in [-0.3, -0.25) is 4.79 Å². The normalized spacial score (nSPS) is 16.0. The molecule has 2 aromatic rings. The van der Waals surface area contributed by atoms with Gasteiger partial charge < -0.3 is 19.9 Å². The topological polar surface area (TPSA) is 46.0 Å². The third kappa shape index (κ3) is 5.23. The molecular formula is C22H30N3O2+. The second-order valence-corrected chi connectivity index (χ2v) is 7.09. The number of rotatable bonds is 7. The van der Waals surface area contributed by atoms with E-state index >= 15 is 0 Å². The third-order valence-electron chi connectivity index (χ3n) is 5.40. The van der Waals surface area contributed by atoms with E-state index < -0.39 is 0 Å². The van der Waals surface area contributed by atoms with Crippen LogP contribution in [0.1, 0.15) is 12.5 Å². The highest BCUT2D eigenvalue weighted by atomic mass is 16.5. The number of anilines is 1. The molecule has 3 rings (SSSR count). The van der Waals surface area contributed by atoms with Gasteiger partial charge in [-0.25, -0.2) is 0 Å². The number of quaternary nitrogens is 1. The lowest BCUT2D eigenvalue weighted by Gasteiger charge is -2.36. The van der Waals surface area contributed by atoms with Crippen LogP contribution in [0.15, 0.2) is 54.6 Å². The predicted octanol–water partition coefficient (Wildman–Crippen LogP) is 1.15. The summed E-state index contributed by atoms with van der Waals surface area (Å²) in [5.74, 6) is 1.00. The molecule has 1 amide bonds. The number of para-hydroxylation sites is 1. The minimum absolute atomic E-state index is 0.0150. The molecule has 1 aliphatic heterocycles. The maximum absolute atomic E-state index is 12.5. The van der Waals surface area contributed by atoms with Crippen LogP contribution in [0.25, 0.3) is 0 Å². The lowest BCUT2D eigenvalue weighted by molar-refractivity contribution is -0.914. The fraction of sp³-hybridized carbons (Fsp3) is 0.409. The fourth-order valence-electron chi connectivity index (χ4n) is 3.58. The van der Waals surface area contributed by atoms with E-state index in [9.17, 15) is 4.79 Å². The number of benzene rings is 2. The smallest absolute Gasteiger partial charge is 0.278 e. The van der Waals surface area contributed by atoms with Crippen molar-refractivity contribution in [3.05, 3.63) is 60.2 Å². The van der Waals surface area contributed by atoms with Gasteiger partial charge in [-0.2, -0.15) is 0 Å². The molecule has 0 radical (unpaired) electrons. The van der Waals surface area contributed by atoms with Gasteiger partial charge >= 0.3 is 0 Å². The Morgan fingerprint density at radius 2 is 1.78 bits per heavy atom. The summed E-state index contributed by atoms with van der Waals surface area (Å²) in [7, 11) is 1.67. The zero-order valence-corrected chi connectivity index (χ0v) is 16.3. The number of amides is 1. The molecule has 1 saturated heterocycles. The summed E-state index contributed by atoms with van der Waals surface area (Å²) < 4.78 is 5.17. The lowest BCUT2D eigenvalue weighted by Crippen LogP contribution is -3.19. The molecule has 5 heteroatoms. The van der Waals surface area contributed by atoms with Crippen LogP contribution in [0.4, 0.5) is 5.69 Å². The molecule has 1 fully saturated rings. The van der Waals surface area contributed by atoms with Crippen LogP contribution in [0.5, 0.6) is 5.75 Å². The highest BCUT2D eigenvalue weighted by Crippen LogP contribution is 2.13. The first-order chi connectivity index (χ1) is 13.2. The highest BCUT2D eigenvalue weighted by Gasteiger charge is 2.28. The molecule has 2 aromatic carbocycles. The minimum Gasteiger partial charge on any atom is -0.497 e. The number of hydrogen-bond acceptors (Lipinski definition) is 3. The molecule has 1 atom stereocenters. The van der Waals surface area contributed by atoms with Crippen LogP contribution < -0.4 is 19.9 Å². The molecule has 2 N–H and O–H groups in total. The van der Waals surface area contributed by atoms with E-state index in [1.165, 1.54) is 16.2 Å². The van der Waals surface area contributed by atoms with Crippen molar-refractivity contribution in [1.29, 1.82) is 0 Å². The van der Waals surface area contributed by atoms with Crippen molar-refractivity contribution in [1.82, 2.24) is 5.32 Å². The van der Waals surface area contributed by atoms with Crippen LogP contribution >= 0.6 is 0 Å². The Kier molecular flexibility index (Phi) is 6.71. The second kappa shape index (κ2) is 9.42. The van der Waals surface area contributed by atoms with Crippen molar-refractivity contribution in [3.8, 4) is 5.75 Å².